The number of benzene rings is 1. The van der Waals surface area contributed by atoms with Crippen LogP contribution in [-0.2, 0) is 0 Å². The number of rotatable bonds is 3. The van der Waals surface area contributed by atoms with Crippen molar-refractivity contribution in [1.29, 1.82) is 0 Å². The number of hydrogen-bond acceptors (Lipinski definition) is 4. The molecule has 2 rings (SSSR count). The van der Waals surface area contributed by atoms with Gasteiger partial charge >= 0.3 is 5.97 Å². The van der Waals surface area contributed by atoms with Gasteiger partial charge in [0, 0.05) is 11.8 Å². The van der Waals surface area contributed by atoms with Gasteiger partial charge in [0.05, 0.1) is 16.9 Å². The molecule has 0 radical (unpaired) electrons. The quantitative estimate of drug-likeness (QED) is 0.719. The number of carbonyl (C=O) groups is 1. The van der Waals surface area contributed by atoms with E-state index in [9.17, 15) is 4.79 Å². The lowest BCUT2D eigenvalue weighted by Gasteiger charge is -2.24. The number of anilines is 2. The largest absolute Gasteiger partial charge is 0.478 e. The van der Waals surface area contributed by atoms with Crippen LogP contribution in [-0.4, -0.2) is 28.6 Å². The van der Waals surface area contributed by atoms with Crippen molar-refractivity contribution in [3.63, 3.8) is 0 Å². The summed E-state index contributed by atoms with van der Waals surface area (Å²) in [6, 6.07) is 5.47. The molecule has 1 aromatic carbocycles. The third-order valence-electron chi connectivity index (χ3n) is 2.86. The van der Waals surface area contributed by atoms with Crippen molar-refractivity contribution in [2.45, 2.75) is 18.9 Å². The predicted molar refractivity (Wildman–Crippen MR) is 71.8 cm³/mol. The molecular formula is C12H16N2O2S. The summed E-state index contributed by atoms with van der Waals surface area (Å²) in [5.74, 6) is 1.28. The van der Waals surface area contributed by atoms with Gasteiger partial charge in [-0.2, -0.15) is 11.8 Å². The molecular weight excluding hydrogens is 236 g/mol. The molecule has 0 spiro atoms. The van der Waals surface area contributed by atoms with Crippen molar-refractivity contribution >= 4 is 29.1 Å². The van der Waals surface area contributed by atoms with E-state index in [-0.39, 0.29) is 5.56 Å². The van der Waals surface area contributed by atoms with Gasteiger partial charge in [0.15, 0.2) is 0 Å². The summed E-state index contributed by atoms with van der Waals surface area (Å²) in [5, 5.41) is 12.3. The van der Waals surface area contributed by atoms with Crippen LogP contribution in [0.5, 0.6) is 0 Å². The Bertz CT molecular complexity index is 417. The second-order valence-electron chi connectivity index (χ2n) is 4.13. The molecule has 92 valence electrons. The fourth-order valence-corrected chi connectivity index (χ4v) is 3.02. The number of para-hydroxylation sites is 1. The number of thioether (sulfide) groups is 1. The lowest BCUT2D eigenvalue weighted by Crippen LogP contribution is -2.26. The van der Waals surface area contributed by atoms with Crippen molar-refractivity contribution in [2.75, 3.05) is 22.6 Å². The van der Waals surface area contributed by atoms with E-state index in [1.54, 1.807) is 6.07 Å². The van der Waals surface area contributed by atoms with Crippen molar-refractivity contribution < 1.29 is 9.90 Å². The molecule has 0 aromatic heterocycles. The van der Waals surface area contributed by atoms with Crippen LogP contribution in [0.4, 0.5) is 11.4 Å². The highest BCUT2D eigenvalue weighted by Gasteiger charge is 2.16. The molecule has 4 nitrogen and oxygen atoms in total. The number of carboxylic acids is 1. The predicted octanol–water partition coefficient (Wildman–Crippen LogP) is 2.27. The van der Waals surface area contributed by atoms with Gasteiger partial charge in [-0.25, -0.2) is 4.79 Å². The maximum Gasteiger partial charge on any atom is 0.337 e. The first-order chi connectivity index (χ1) is 8.18. The van der Waals surface area contributed by atoms with Crippen molar-refractivity contribution in [2.24, 2.45) is 0 Å². The highest BCUT2D eigenvalue weighted by molar-refractivity contribution is 7.99. The molecule has 0 aliphatic carbocycles. The third-order valence-corrected chi connectivity index (χ3v) is 4.07. The fraction of sp³-hybridized carbons (Fsp3) is 0.417. The summed E-state index contributed by atoms with van der Waals surface area (Å²) in [6.07, 6.45) is 2.31. The van der Waals surface area contributed by atoms with Crippen LogP contribution in [0.1, 0.15) is 23.2 Å². The maximum atomic E-state index is 11.0. The Balaban J connectivity index is 2.15. The lowest BCUT2D eigenvalue weighted by molar-refractivity contribution is 0.0698. The molecule has 1 saturated heterocycles. The SMILES string of the molecule is Nc1c(NC2CCCSC2)cccc1C(=O)O. The molecule has 4 N–H and O–H groups in total. The van der Waals surface area contributed by atoms with Gasteiger partial charge in [-0.3, -0.25) is 0 Å². The maximum absolute atomic E-state index is 11.0. The van der Waals surface area contributed by atoms with Crippen LogP contribution in [0.2, 0.25) is 0 Å². The van der Waals surface area contributed by atoms with E-state index >= 15 is 0 Å². The highest BCUT2D eigenvalue weighted by Crippen LogP contribution is 2.26. The topological polar surface area (TPSA) is 75.3 Å². The number of nitrogen functional groups attached to an aromatic ring is 1. The summed E-state index contributed by atoms with van der Waals surface area (Å²) in [7, 11) is 0. The highest BCUT2D eigenvalue weighted by atomic mass is 32.2. The molecule has 1 aliphatic rings. The van der Waals surface area contributed by atoms with Crippen LogP contribution >= 0.6 is 11.8 Å². The second kappa shape index (κ2) is 5.31. The molecule has 5 heteroatoms. The Morgan fingerprint density at radius 1 is 1.53 bits per heavy atom. The fourth-order valence-electron chi connectivity index (χ4n) is 1.95. The Morgan fingerprint density at radius 2 is 2.35 bits per heavy atom. The molecule has 1 aromatic rings. The Kier molecular flexibility index (Phi) is 3.78. The summed E-state index contributed by atoms with van der Waals surface area (Å²) in [4.78, 5) is 11.0. The van der Waals surface area contributed by atoms with Crippen molar-refractivity contribution in [3.05, 3.63) is 23.8 Å². The van der Waals surface area contributed by atoms with E-state index in [1.807, 2.05) is 17.8 Å². The molecule has 1 aliphatic heterocycles. The summed E-state index contributed by atoms with van der Waals surface area (Å²) >= 11 is 1.92. The minimum absolute atomic E-state index is 0.165. The molecule has 17 heavy (non-hydrogen) atoms. The molecule has 1 unspecified atom stereocenters. The first-order valence-electron chi connectivity index (χ1n) is 5.64. The van der Waals surface area contributed by atoms with E-state index in [0.717, 1.165) is 17.9 Å². The van der Waals surface area contributed by atoms with Crippen LogP contribution in [0.15, 0.2) is 18.2 Å². The van der Waals surface area contributed by atoms with E-state index in [0.29, 0.717) is 11.7 Å². The average Bonchev–Trinajstić information content (AvgIpc) is 2.33. The van der Waals surface area contributed by atoms with Gasteiger partial charge < -0.3 is 16.2 Å². The molecule has 0 bridgehead atoms. The Hall–Kier alpha value is -1.36. The number of aromatic carboxylic acids is 1. The molecule has 1 atom stereocenters. The van der Waals surface area contributed by atoms with Crippen LogP contribution in [0, 0.1) is 0 Å². The Labute approximate surface area is 105 Å². The summed E-state index contributed by atoms with van der Waals surface area (Å²) < 4.78 is 0. The van der Waals surface area contributed by atoms with Gasteiger partial charge in [-0.05, 0) is 30.7 Å². The van der Waals surface area contributed by atoms with Gasteiger partial charge in [0.25, 0.3) is 0 Å². The number of carboxylic acid groups (broad SMARTS) is 1. The minimum atomic E-state index is -0.982. The number of nitrogens with one attached hydrogen (secondary N) is 1. The van der Waals surface area contributed by atoms with Gasteiger partial charge in [0.2, 0.25) is 0 Å². The zero-order valence-electron chi connectivity index (χ0n) is 9.48. The van der Waals surface area contributed by atoms with Crippen molar-refractivity contribution in [1.82, 2.24) is 0 Å². The number of hydrogen-bond donors (Lipinski definition) is 3. The van der Waals surface area contributed by atoms with Crippen molar-refractivity contribution in [3.8, 4) is 0 Å². The zero-order valence-corrected chi connectivity index (χ0v) is 10.3. The standard InChI is InChI=1S/C12H16N2O2S/c13-11-9(12(15)16)4-1-5-10(11)14-8-3-2-6-17-7-8/h1,4-5,8,14H,2-3,6-7,13H2,(H,15,16). The van der Waals surface area contributed by atoms with E-state index in [2.05, 4.69) is 5.32 Å². The third kappa shape index (κ3) is 2.85. The van der Waals surface area contributed by atoms with E-state index in [1.165, 1.54) is 18.2 Å². The van der Waals surface area contributed by atoms with E-state index in [4.69, 9.17) is 10.8 Å². The average molecular weight is 252 g/mol. The van der Waals surface area contributed by atoms with E-state index < -0.39 is 5.97 Å². The van der Waals surface area contributed by atoms with Crippen LogP contribution in [0.25, 0.3) is 0 Å². The smallest absolute Gasteiger partial charge is 0.337 e. The summed E-state index contributed by atoms with van der Waals surface area (Å²) in [5.41, 5.74) is 7.08. The zero-order chi connectivity index (χ0) is 12.3. The molecule has 0 saturated carbocycles. The first kappa shape index (κ1) is 12.1. The Morgan fingerprint density at radius 3 is 3.00 bits per heavy atom. The van der Waals surface area contributed by atoms with Crippen LogP contribution in [0.3, 0.4) is 0 Å². The molecule has 0 amide bonds. The second-order valence-corrected chi connectivity index (χ2v) is 5.28. The van der Waals surface area contributed by atoms with Gasteiger partial charge in [0.1, 0.15) is 0 Å². The monoisotopic (exact) mass is 252 g/mol. The first-order valence-corrected chi connectivity index (χ1v) is 6.80. The minimum Gasteiger partial charge on any atom is -0.478 e. The number of nitrogens with two attached hydrogens (primary N) is 1. The molecule has 1 heterocycles. The molecule has 1 fully saturated rings. The van der Waals surface area contributed by atoms with Crippen LogP contribution < -0.4 is 11.1 Å². The normalized spacial score (nSPS) is 19.9. The lowest BCUT2D eigenvalue weighted by atomic mass is 10.1. The van der Waals surface area contributed by atoms with Gasteiger partial charge in [-0.1, -0.05) is 6.07 Å². The van der Waals surface area contributed by atoms with Gasteiger partial charge in [-0.15, -0.1) is 0 Å². The summed E-state index contributed by atoms with van der Waals surface area (Å²) in [6.45, 7) is 0.